The quantitative estimate of drug-likeness (QED) is 0.901. The molecule has 0 spiro atoms. The lowest BCUT2D eigenvalue weighted by molar-refractivity contribution is -0.189. The number of para-hydroxylation sites is 1. The number of rotatable bonds is 4. The first-order valence-corrected chi connectivity index (χ1v) is 7.06. The third-order valence-electron chi connectivity index (χ3n) is 3.59. The van der Waals surface area contributed by atoms with Crippen LogP contribution in [0.2, 0.25) is 0 Å². The van der Waals surface area contributed by atoms with Crippen LogP contribution in [0.4, 0.5) is 13.2 Å². The minimum atomic E-state index is -4.18. The average Bonchev–Trinajstić information content (AvgIpc) is 2.44. The predicted octanol–water partition coefficient (Wildman–Crippen LogP) is 4.08. The van der Waals surface area contributed by atoms with Crippen molar-refractivity contribution in [3.63, 3.8) is 0 Å². The number of alkyl halides is 3. The molecule has 112 valence electrons. The standard InChI is InChI=1S/C15H20F3NO/c1-2-10-20-13-8-4-3-6-11(13)14-12(15(16,17)18)7-5-9-19-14/h3-4,6,8,12,14,19H,2,5,7,9-10H2,1H3. The summed E-state index contributed by atoms with van der Waals surface area (Å²) in [6.45, 7) is 3.10. The van der Waals surface area contributed by atoms with Crippen molar-refractivity contribution in [1.29, 1.82) is 0 Å². The second-order valence-electron chi connectivity index (χ2n) is 5.11. The largest absolute Gasteiger partial charge is 0.493 e. The Bertz CT molecular complexity index is 433. The van der Waals surface area contributed by atoms with Gasteiger partial charge in [-0.2, -0.15) is 13.2 Å². The lowest BCUT2D eigenvalue weighted by Gasteiger charge is -2.35. The summed E-state index contributed by atoms with van der Waals surface area (Å²) in [5, 5.41) is 3.01. The van der Waals surface area contributed by atoms with Crippen LogP contribution in [0.15, 0.2) is 24.3 Å². The summed E-state index contributed by atoms with van der Waals surface area (Å²) < 4.78 is 45.1. The van der Waals surface area contributed by atoms with Crippen LogP contribution in [0.3, 0.4) is 0 Å². The lowest BCUT2D eigenvalue weighted by Crippen LogP contribution is -2.41. The Morgan fingerprint density at radius 3 is 2.75 bits per heavy atom. The smallest absolute Gasteiger partial charge is 0.393 e. The van der Waals surface area contributed by atoms with Gasteiger partial charge in [0.1, 0.15) is 5.75 Å². The zero-order valence-corrected chi connectivity index (χ0v) is 11.5. The highest BCUT2D eigenvalue weighted by atomic mass is 19.4. The molecule has 0 aliphatic carbocycles. The van der Waals surface area contributed by atoms with Crippen molar-refractivity contribution in [2.75, 3.05) is 13.2 Å². The molecule has 2 nitrogen and oxygen atoms in total. The molecule has 1 saturated heterocycles. The summed E-state index contributed by atoms with van der Waals surface area (Å²) >= 11 is 0. The number of hydrogen-bond donors (Lipinski definition) is 1. The van der Waals surface area contributed by atoms with Gasteiger partial charge in [-0.1, -0.05) is 25.1 Å². The molecular formula is C15H20F3NO. The molecule has 0 radical (unpaired) electrons. The van der Waals surface area contributed by atoms with Gasteiger partial charge in [-0.25, -0.2) is 0 Å². The molecule has 1 heterocycles. The highest BCUT2D eigenvalue weighted by Gasteiger charge is 2.46. The molecule has 2 atom stereocenters. The van der Waals surface area contributed by atoms with Crippen molar-refractivity contribution in [3.8, 4) is 5.75 Å². The average molecular weight is 287 g/mol. The monoisotopic (exact) mass is 287 g/mol. The van der Waals surface area contributed by atoms with Crippen molar-refractivity contribution in [2.24, 2.45) is 5.92 Å². The Morgan fingerprint density at radius 2 is 2.05 bits per heavy atom. The molecule has 1 aliphatic rings. The Labute approximate surface area is 117 Å². The van der Waals surface area contributed by atoms with E-state index in [0.29, 0.717) is 30.9 Å². The molecule has 0 amide bonds. The fourth-order valence-corrected chi connectivity index (χ4v) is 2.65. The Kier molecular flexibility index (Phi) is 4.91. The summed E-state index contributed by atoms with van der Waals surface area (Å²) in [5.41, 5.74) is 0.614. The SMILES string of the molecule is CCCOc1ccccc1C1NCCCC1C(F)(F)F. The number of halogens is 3. The minimum Gasteiger partial charge on any atom is -0.493 e. The van der Waals surface area contributed by atoms with Gasteiger partial charge in [0.2, 0.25) is 0 Å². The fraction of sp³-hybridized carbons (Fsp3) is 0.600. The number of ether oxygens (including phenoxy) is 1. The number of piperidine rings is 1. The van der Waals surface area contributed by atoms with E-state index in [1.165, 1.54) is 0 Å². The van der Waals surface area contributed by atoms with Gasteiger partial charge in [0.15, 0.2) is 0 Å². The van der Waals surface area contributed by atoms with E-state index >= 15 is 0 Å². The summed E-state index contributed by atoms with van der Waals surface area (Å²) in [7, 11) is 0. The first-order valence-electron chi connectivity index (χ1n) is 7.06. The van der Waals surface area contributed by atoms with E-state index < -0.39 is 18.1 Å². The Morgan fingerprint density at radius 1 is 1.30 bits per heavy atom. The molecule has 0 aromatic heterocycles. The van der Waals surface area contributed by atoms with E-state index in [1.54, 1.807) is 24.3 Å². The van der Waals surface area contributed by atoms with E-state index in [-0.39, 0.29) is 6.42 Å². The van der Waals surface area contributed by atoms with Crippen molar-refractivity contribution in [1.82, 2.24) is 5.32 Å². The normalized spacial score (nSPS) is 23.6. The van der Waals surface area contributed by atoms with Gasteiger partial charge in [-0.05, 0) is 31.9 Å². The molecule has 5 heteroatoms. The molecular weight excluding hydrogens is 267 g/mol. The van der Waals surface area contributed by atoms with Gasteiger partial charge < -0.3 is 10.1 Å². The van der Waals surface area contributed by atoms with E-state index in [1.807, 2.05) is 6.92 Å². The van der Waals surface area contributed by atoms with Crippen LogP contribution in [0.25, 0.3) is 0 Å². The fourth-order valence-electron chi connectivity index (χ4n) is 2.65. The molecule has 0 bridgehead atoms. The molecule has 1 fully saturated rings. The number of hydrogen-bond acceptors (Lipinski definition) is 2. The molecule has 1 aromatic rings. The minimum absolute atomic E-state index is 0.170. The number of benzene rings is 1. The van der Waals surface area contributed by atoms with E-state index in [2.05, 4.69) is 5.32 Å². The van der Waals surface area contributed by atoms with Gasteiger partial charge in [0.05, 0.1) is 12.5 Å². The van der Waals surface area contributed by atoms with Crippen LogP contribution in [0.1, 0.15) is 37.8 Å². The van der Waals surface area contributed by atoms with Crippen molar-refractivity contribution in [2.45, 2.75) is 38.4 Å². The first kappa shape index (κ1) is 15.2. The predicted molar refractivity (Wildman–Crippen MR) is 71.8 cm³/mol. The van der Waals surface area contributed by atoms with E-state index in [0.717, 1.165) is 6.42 Å². The molecule has 1 aliphatic heterocycles. The highest BCUT2D eigenvalue weighted by Crippen LogP contribution is 2.43. The maximum atomic E-state index is 13.2. The van der Waals surface area contributed by atoms with Crippen LogP contribution < -0.4 is 10.1 Å². The molecule has 2 rings (SSSR count). The van der Waals surface area contributed by atoms with Crippen LogP contribution in [-0.2, 0) is 0 Å². The molecule has 0 saturated carbocycles. The zero-order valence-electron chi connectivity index (χ0n) is 11.5. The zero-order chi connectivity index (χ0) is 14.6. The van der Waals surface area contributed by atoms with Crippen LogP contribution >= 0.6 is 0 Å². The van der Waals surface area contributed by atoms with Crippen LogP contribution in [0, 0.1) is 5.92 Å². The highest BCUT2D eigenvalue weighted by molar-refractivity contribution is 5.37. The summed E-state index contributed by atoms with van der Waals surface area (Å²) in [6.07, 6.45) is -2.63. The van der Waals surface area contributed by atoms with E-state index in [4.69, 9.17) is 4.74 Å². The molecule has 2 unspecified atom stereocenters. The second-order valence-corrected chi connectivity index (χ2v) is 5.11. The van der Waals surface area contributed by atoms with Crippen LogP contribution in [-0.4, -0.2) is 19.3 Å². The third-order valence-corrected chi connectivity index (χ3v) is 3.59. The van der Waals surface area contributed by atoms with Gasteiger partial charge in [-0.3, -0.25) is 0 Å². The van der Waals surface area contributed by atoms with Gasteiger partial charge in [0.25, 0.3) is 0 Å². The number of nitrogens with one attached hydrogen (secondary N) is 1. The lowest BCUT2D eigenvalue weighted by atomic mass is 9.85. The van der Waals surface area contributed by atoms with Gasteiger partial charge in [-0.15, -0.1) is 0 Å². The Hall–Kier alpha value is -1.23. The molecule has 20 heavy (non-hydrogen) atoms. The van der Waals surface area contributed by atoms with E-state index in [9.17, 15) is 13.2 Å². The van der Waals surface area contributed by atoms with Crippen molar-refractivity contribution in [3.05, 3.63) is 29.8 Å². The summed E-state index contributed by atoms with van der Waals surface area (Å²) in [5.74, 6) is -0.786. The maximum Gasteiger partial charge on any atom is 0.393 e. The van der Waals surface area contributed by atoms with Gasteiger partial charge >= 0.3 is 6.18 Å². The Balaban J connectivity index is 2.28. The van der Waals surface area contributed by atoms with Crippen molar-refractivity contribution >= 4 is 0 Å². The maximum absolute atomic E-state index is 13.2. The summed E-state index contributed by atoms with van der Waals surface area (Å²) in [6, 6.07) is 6.32. The topological polar surface area (TPSA) is 21.3 Å². The molecule has 1 N–H and O–H groups in total. The van der Waals surface area contributed by atoms with Crippen LogP contribution in [0.5, 0.6) is 5.75 Å². The van der Waals surface area contributed by atoms with Gasteiger partial charge in [0, 0.05) is 11.6 Å². The first-order chi connectivity index (χ1) is 9.54. The third kappa shape index (κ3) is 3.45. The molecule has 1 aromatic carbocycles. The second kappa shape index (κ2) is 6.48. The summed E-state index contributed by atoms with van der Waals surface area (Å²) in [4.78, 5) is 0. The van der Waals surface area contributed by atoms with Crippen molar-refractivity contribution < 1.29 is 17.9 Å².